The maximum Gasteiger partial charge on any atom is 0.248 e. The van der Waals surface area contributed by atoms with Gasteiger partial charge in [0.2, 0.25) is 5.91 Å². The smallest absolute Gasteiger partial charge is 0.248 e. The second-order valence-electron chi connectivity index (χ2n) is 7.18. The highest BCUT2D eigenvalue weighted by Gasteiger charge is 2.36. The van der Waals surface area contributed by atoms with E-state index in [1.54, 1.807) is 0 Å². The number of pyridine rings is 1. The Morgan fingerprint density at radius 2 is 1.88 bits per heavy atom. The summed E-state index contributed by atoms with van der Waals surface area (Å²) in [5, 5.41) is 3.06. The van der Waals surface area contributed by atoms with Crippen molar-refractivity contribution < 1.29 is 4.79 Å². The quantitative estimate of drug-likeness (QED) is 0.814. The van der Waals surface area contributed by atoms with Crippen molar-refractivity contribution in [3.8, 4) is 0 Å². The summed E-state index contributed by atoms with van der Waals surface area (Å²) in [5.74, 6) is 0.131. The Labute approximate surface area is 155 Å². The van der Waals surface area contributed by atoms with Crippen molar-refractivity contribution in [1.29, 1.82) is 0 Å². The van der Waals surface area contributed by atoms with E-state index in [1.165, 1.54) is 24.8 Å². The number of carbonyl (C=O) groups excluding carboxylic acids is 1. The number of benzene rings is 1. The number of hydrogen-bond donors (Lipinski definition) is 1. The molecule has 1 fully saturated rings. The standard InChI is InChI=1S/C21H26N4O/c26-21-20-16-24(13-5-1-2-6-17-9-11-22-12-10-17)14-15-25(20)19-8-4-3-7-18(19)23-21/h3-4,7-12,20H,1-2,5-6,13-16H2,(H,23,26). The summed E-state index contributed by atoms with van der Waals surface area (Å²) >= 11 is 0. The zero-order chi connectivity index (χ0) is 17.8. The minimum atomic E-state index is -0.0598. The van der Waals surface area contributed by atoms with Gasteiger partial charge in [0, 0.05) is 32.0 Å². The van der Waals surface area contributed by atoms with E-state index in [2.05, 4.69) is 38.3 Å². The third-order valence-corrected chi connectivity index (χ3v) is 5.43. The largest absolute Gasteiger partial charge is 0.355 e. The SMILES string of the molecule is O=C1Nc2ccccc2N2CCN(CCCCCc3ccncc3)CC12. The molecule has 1 aromatic heterocycles. The summed E-state index contributed by atoms with van der Waals surface area (Å²) in [4.78, 5) is 21.3. The summed E-state index contributed by atoms with van der Waals surface area (Å²) in [7, 11) is 0. The monoisotopic (exact) mass is 350 g/mol. The van der Waals surface area contributed by atoms with Crippen molar-refractivity contribution in [2.45, 2.75) is 31.7 Å². The van der Waals surface area contributed by atoms with Crippen molar-refractivity contribution in [3.05, 3.63) is 54.4 Å². The number of fused-ring (bicyclic) bond motifs is 3. The molecule has 0 radical (unpaired) electrons. The number of aryl methyl sites for hydroxylation is 1. The van der Waals surface area contributed by atoms with Gasteiger partial charge in [0.05, 0.1) is 11.4 Å². The third kappa shape index (κ3) is 3.73. The molecule has 0 saturated carbocycles. The van der Waals surface area contributed by atoms with E-state index in [0.717, 1.165) is 44.0 Å². The van der Waals surface area contributed by atoms with Crippen molar-refractivity contribution in [3.63, 3.8) is 0 Å². The van der Waals surface area contributed by atoms with Gasteiger partial charge in [-0.15, -0.1) is 0 Å². The van der Waals surface area contributed by atoms with Crippen LogP contribution in [-0.4, -0.2) is 48.0 Å². The molecule has 5 heteroatoms. The molecule has 5 nitrogen and oxygen atoms in total. The highest BCUT2D eigenvalue weighted by molar-refractivity contribution is 6.03. The van der Waals surface area contributed by atoms with E-state index in [0.29, 0.717) is 0 Å². The number of carbonyl (C=O) groups is 1. The molecule has 136 valence electrons. The Balaban J connectivity index is 1.25. The van der Waals surface area contributed by atoms with Crippen molar-refractivity contribution in [2.75, 3.05) is 36.4 Å². The number of hydrogen-bond acceptors (Lipinski definition) is 4. The van der Waals surface area contributed by atoms with Crippen LogP contribution in [0.1, 0.15) is 24.8 Å². The lowest BCUT2D eigenvalue weighted by Crippen LogP contribution is -2.60. The van der Waals surface area contributed by atoms with Crippen LogP contribution in [0.15, 0.2) is 48.8 Å². The van der Waals surface area contributed by atoms with Crippen molar-refractivity contribution >= 4 is 17.3 Å². The molecular formula is C21H26N4O. The van der Waals surface area contributed by atoms with Gasteiger partial charge in [-0.05, 0) is 55.6 Å². The molecule has 1 atom stereocenters. The van der Waals surface area contributed by atoms with E-state index in [1.807, 2.05) is 30.6 Å². The maximum absolute atomic E-state index is 12.5. The Kier molecular flexibility index (Phi) is 5.16. The van der Waals surface area contributed by atoms with Crippen LogP contribution in [0.25, 0.3) is 0 Å². The number of rotatable bonds is 6. The van der Waals surface area contributed by atoms with E-state index in [-0.39, 0.29) is 11.9 Å². The molecule has 1 amide bonds. The van der Waals surface area contributed by atoms with Gasteiger partial charge in [0.25, 0.3) is 0 Å². The van der Waals surface area contributed by atoms with Crippen LogP contribution in [0, 0.1) is 0 Å². The fraction of sp³-hybridized carbons (Fsp3) is 0.429. The van der Waals surface area contributed by atoms with Crippen LogP contribution in [0.5, 0.6) is 0 Å². The molecule has 1 N–H and O–H groups in total. The topological polar surface area (TPSA) is 48.5 Å². The third-order valence-electron chi connectivity index (χ3n) is 5.43. The number of amides is 1. The van der Waals surface area contributed by atoms with E-state index in [9.17, 15) is 4.79 Å². The van der Waals surface area contributed by atoms with Crippen LogP contribution in [-0.2, 0) is 11.2 Å². The summed E-state index contributed by atoms with van der Waals surface area (Å²) in [6.07, 6.45) is 8.47. The molecule has 1 aromatic carbocycles. The Bertz CT molecular complexity index is 749. The highest BCUT2D eigenvalue weighted by Crippen LogP contribution is 2.33. The number of nitrogens with zero attached hydrogens (tertiary/aromatic N) is 3. The number of anilines is 2. The number of para-hydroxylation sites is 2. The van der Waals surface area contributed by atoms with Gasteiger partial charge in [-0.3, -0.25) is 14.7 Å². The lowest BCUT2D eigenvalue weighted by molar-refractivity contribution is -0.118. The van der Waals surface area contributed by atoms with Crippen LogP contribution in [0.2, 0.25) is 0 Å². The molecule has 0 bridgehead atoms. The number of unbranched alkanes of at least 4 members (excludes halogenated alkanes) is 2. The van der Waals surface area contributed by atoms with E-state index in [4.69, 9.17) is 0 Å². The van der Waals surface area contributed by atoms with Crippen LogP contribution >= 0.6 is 0 Å². The summed E-state index contributed by atoms with van der Waals surface area (Å²) < 4.78 is 0. The lowest BCUT2D eigenvalue weighted by Gasteiger charge is -2.45. The van der Waals surface area contributed by atoms with Crippen molar-refractivity contribution in [2.24, 2.45) is 0 Å². The van der Waals surface area contributed by atoms with Crippen LogP contribution < -0.4 is 10.2 Å². The number of aromatic nitrogens is 1. The van der Waals surface area contributed by atoms with Gasteiger partial charge in [-0.25, -0.2) is 0 Å². The summed E-state index contributed by atoms with van der Waals surface area (Å²) in [5.41, 5.74) is 3.47. The molecule has 4 rings (SSSR count). The van der Waals surface area contributed by atoms with Gasteiger partial charge in [0.1, 0.15) is 6.04 Å². The van der Waals surface area contributed by atoms with E-state index < -0.39 is 0 Å². The predicted molar refractivity (Wildman–Crippen MR) is 104 cm³/mol. The molecule has 2 aliphatic rings. The predicted octanol–water partition coefficient (Wildman–Crippen LogP) is 2.94. The fourth-order valence-corrected chi connectivity index (χ4v) is 3.99. The molecule has 0 aliphatic carbocycles. The van der Waals surface area contributed by atoms with Gasteiger partial charge >= 0.3 is 0 Å². The average molecular weight is 350 g/mol. The Morgan fingerprint density at radius 1 is 1.04 bits per heavy atom. The average Bonchev–Trinajstić information content (AvgIpc) is 2.69. The molecule has 2 aliphatic heterocycles. The minimum Gasteiger partial charge on any atom is -0.355 e. The van der Waals surface area contributed by atoms with Gasteiger partial charge in [-0.2, -0.15) is 0 Å². The highest BCUT2D eigenvalue weighted by atomic mass is 16.2. The maximum atomic E-state index is 12.5. The van der Waals surface area contributed by atoms with Crippen LogP contribution in [0.3, 0.4) is 0 Å². The minimum absolute atomic E-state index is 0.0598. The van der Waals surface area contributed by atoms with E-state index >= 15 is 0 Å². The first kappa shape index (κ1) is 17.0. The molecular weight excluding hydrogens is 324 g/mol. The first-order valence-electron chi connectivity index (χ1n) is 9.59. The summed E-state index contributed by atoms with van der Waals surface area (Å²) in [6, 6.07) is 12.2. The zero-order valence-electron chi connectivity index (χ0n) is 15.1. The van der Waals surface area contributed by atoms with Crippen LogP contribution in [0.4, 0.5) is 11.4 Å². The van der Waals surface area contributed by atoms with Gasteiger partial charge in [0.15, 0.2) is 0 Å². The fourth-order valence-electron chi connectivity index (χ4n) is 3.99. The first-order valence-corrected chi connectivity index (χ1v) is 9.59. The lowest BCUT2D eigenvalue weighted by atomic mass is 10.0. The number of piperazine rings is 1. The zero-order valence-corrected chi connectivity index (χ0v) is 15.1. The second kappa shape index (κ2) is 7.87. The summed E-state index contributed by atoms with van der Waals surface area (Å²) in [6.45, 7) is 3.86. The first-order chi connectivity index (χ1) is 12.8. The molecule has 3 heterocycles. The molecule has 1 saturated heterocycles. The molecule has 1 unspecified atom stereocenters. The molecule has 2 aromatic rings. The number of nitrogens with one attached hydrogen (secondary N) is 1. The Morgan fingerprint density at radius 3 is 2.77 bits per heavy atom. The second-order valence-corrected chi connectivity index (χ2v) is 7.18. The normalized spacial score (nSPS) is 19.6. The van der Waals surface area contributed by atoms with Gasteiger partial charge < -0.3 is 10.2 Å². The molecule has 26 heavy (non-hydrogen) atoms. The van der Waals surface area contributed by atoms with Gasteiger partial charge in [-0.1, -0.05) is 18.6 Å². The van der Waals surface area contributed by atoms with Crippen molar-refractivity contribution in [1.82, 2.24) is 9.88 Å². The molecule has 0 spiro atoms. The Hall–Kier alpha value is -2.40.